The molecule has 0 saturated carbocycles. The van der Waals surface area contributed by atoms with E-state index in [-0.39, 0.29) is 18.4 Å². The zero-order chi connectivity index (χ0) is 15.5. The molecule has 22 heavy (non-hydrogen) atoms. The molecule has 2 N–H and O–H groups in total. The van der Waals surface area contributed by atoms with Crippen molar-refractivity contribution in [2.45, 2.75) is 12.5 Å². The molecule has 1 aromatic heterocycles. The van der Waals surface area contributed by atoms with Gasteiger partial charge in [-0.05, 0) is 18.2 Å². The second-order valence-electron chi connectivity index (χ2n) is 4.82. The average molecular weight is 320 g/mol. The molecule has 1 aromatic carbocycles. The predicted molar refractivity (Wildman–Crippen MR) is 81.4 cm³/mol. The lowest BCUT2D eigenvalue weighted by Gasteiger charge is -2.17. The smallest absolute Gasteiger partial charge is 0.321 e. The second kappa shape index (κ2) is 6.10. The lowest BCUT2D eigenvalue weighted by molar-refractivity contribution is -0.117. The minimum Gasteiger partial charge on any atom is -0.333 e. The second-order valence-corrected chi connectivity index (χ2v) is 5.72. The number of thiazole rings is 1. The Morgan fingerprint density at radius 3 is 3.05 bits per heavy atom. The summed E-state index contributed by atoms with van der Waals surface area (Å²) >= 11 is 1.31. The Morgan fingerprint density at radius 2 is 2.32 bits per heavy atom. The van der Waals surface area contributed by atoms with Crippen LogP contribution < -0.4 is 15.5 Å². The molecule has 3 rings (SSSR count). The fraction of sp³-hybridized carbons (Fsp3) is 0.214. The number of nitrogens with zero attached hydrogens (tertiary/aromatic N) is 2. The molecule has 3 amide bonds. The molecular weight excluding hydrogens is 307 g/mol. The molecule has 0 bridgehead atoms. The number of carbonyl (C=O) groups excluding carboxylic acids is 2. The van der Waals surface area contributed by atoms with Crippen LogP contribution in [0.1, 0.15) is 6.42 Å². The summed E-state index contributed by atoms with van der Waals surface area (Å²) < 4.78 is 13.2. The molecule has 6 nitrogen and oxygen atoms in total. The third kappa shape index (κ3) is 3.22. The quantitative estimate of drug-likeness (QED) is 0.910. The minimum atomic E-state index is -0.408. The van der Waals surface area contributed by atoms with E-state index in [1.165, 1.54) is 28.4 Å². The van der Waals surface area contributed by atoms with Crippen LogP contribution in [0.5, 0.6) is 0 Å². The van der Waals surface area contributed by atoms with Crippen molar-refractivity contribution in [2.75, 3.05) is 16.8 Å². The van der Waals surface area contributed by atoms with E-state index in [1.807, 2.05) is 0 Å². The van der Waals surface area contributed by atoms with Gasteiger partial charge in [-0.25, -0.2) is 14.2 Å². The Kier molecular flexibility index (Phi) is 4.01. The van der Waals surface area contributed by atoms with Gasteiger partial charge in [0.05, 0.1) is 6.04 Å². The highest BCUT2D eigenvalue weighted by molar-refractivity contribution is 7.13. The third-order valence-corrected chi connectivity index (χ3v) is 3.92. The van der Waals surface area contributed by atoms with Crippen LogP contribution in [0.25, 0.3) is 0 Å². The van der Waals surface area contributed by atoms with Gasteiger partial charge < -0.3 is 10.2 Å². The van der Waals surface area contributed by atoms with Crippen LogP contribution >= 0.6 is 11.3 Å². The van der Waals surface area contributed by atoms with Gasteiger partial charge in [-0.2, -0.15) is 0 Å². The first kappa shape index (κ1) is 14.5. The van der Waals surface area contributed by atoms with Crippen LogP contribution in [0, 0.1) is 5.82 Å². The van der Waals surface area contributed by atoms with Gasteiger partial charge in [-0.3, -0.25) is 10.1 Å². The number of anilines is 2. The molecule has 1 saturated heterocycles. The van der Waals surface area contributed by atoms with Gasteiger partial charge in [-0.15, -0.1) is 11.3 Å². The first-order chi connectivity index (χ1) is 10.6. The SMILES string of the molecule is O=C(Nc1nccs1)NC1CC(=O)N(c2cccc(F)c2)C1. The number of nitrogens with one attached hydrogen (secondary N) is 2. The highest BCUT2D eigenvalue weighted by atomic mass is 32.1. The van der Waals surface area contributed by atoms with E-state index in [1.54, 1.807) is 23.7 Å². The van der Waals surface area contributed by atoms with Gasteiger partial charge in [0.15, 0.2) is 5.13 Å². The van der Waals surface area contributed by atoms with Crippen molar-refractivity contribution in [3.8, 4) is 0 Å². The van der Waals surface area contributed by atoms with Crippen molar-refractivity contribution in [3.63, 3.8) is 0 Å². The monoisotopic (exact) mass is 320 g/mol. The molecule has 2 aromatic rings. The minimum absolute atomic E-state index is 0.148. The summed E-state index contributed by atoms with van der Waals surface area (Å²) in [6.07, 6.45) is 1.77. The third-order valence-electron chi connectivity index (χ3n) is 3.23. The fourth-order valence-corrected chi connectivity index (χ4v) is 2.83. The molecule has 1 fully saturated rings. The van der Waals surface area contributed by atoms with Gasteiger partial charge in [0.2, 0.25) is 5.91 Å². The topological polar surface area (TPSA) is 74.3 Å². The standard InChI is InChI=1S/C14H13FN4O2S/c15-9-2-1-3-11(6-9)19-8-10(7-12(19)20)17-13(21)18-14-16-4-5-22-14/h1-6,10H,7-8H2,(H2,16,17,18,21). The fourth-order valence-electron chi connectivity index (χ4n) is 2.30. The van der Waals surface area contributed by atoms with Gasteiger partial charge in [-0.1, -0.05) is 6.07 Å². The predicted octanol–water partition coefficient (Wildman–Crippen LogP) is 2.21. The van der Waals surface area contributed by atoms with Crippen LogP contribution in [0.15, 0.2) is 35.8 Å². The summed E-state index contributed by atoms with van der Waals surface area (Å²) in [4.78, 5) is 29.3. The molecule has 0 radical (unpaired) electrons. The summed E-state index contributed by atoms with van der Waals surface area (Å²) in [6.45, 7) is 0.313. The molecular formula is C14H13FN4O2S. The normalized spacial score (nSPS) is 17.6. The highest BCUT2D eigenvalue weighted by Crippen LogP contribution is 2.22. The van der Waals surface area contributed by atoms with Gasteiger partial charge in [0.1, 0.15) is 5.82 Å². The van der Waals surface area contributed by atoms with Crippen molar-refractivity contribution in [3.05, 3.63) is 41.7 Å². The van der Waals surface area contributed by atoms with E-state index in [4.69, 9.17) is 0 Å². The van der Waals surface area contributed by atoms with Crippen LogP contribution in [-0.4, -0.2) is 29.5 Å². The van der Waals surface area contributed by atoms with E-state index in [9.17, 15) is 14.0 Å². The lowest BCUT2D eigenvalue weighted by Crippen LogP contribution is -2.39. The maximum absolute atomic E-state index is 13.2. The number of hydrogen-bond donors (Lipinski definition) is 2. The average Bonchev–Trinajstić information content (AvgIpc) is 3.08. The number of amides is 3. The number of benzene rings is 1. The molecule has 1 aliphatic rings. The molecule has 8 heteroatoms. The van der Waals surface area contributed by atoms with E-state index in [2.05, 4.69) is 15.6 Å². The highest BCUT2D eigenvalue weighted by Gasteiger charge is 2.31. The maximum Gasteiger partial charge on any atom is 0.321 e. The van der Waals surface area contributed by atoms with Crippen molar-refractivity contribution in [1.29, 1.82) is 0 Å². The molecule has 2 heterocycles. The number of carbonyl (C=O) groups is 2. The Bertz CT molecular complexity index is 692. The van der Waals surface area contributed by atoms with Gasteiger partial charge in [0, 0.05) is 30.2 Å². The summed E-state index contributed by atoms with van der Waals surface area (Å²) in [6, 6.07) is 5.11. The summed E-state index contributed by atoms with van der Waals surface area (Å²) in [5.41, 5.74) is 0.495. The Balaban J connectivity index is 1.61. The van der Waals surface area contributed by atoms with Crippen LogP contribution in [0.2, 0.25) is 0 Å². The van der Waals surface area contributed by atoms with Crippen LogP contribution in [0.3, 0.4) is 0 Å². The largest absolute Gasteiger partial charge is 0.333 e. The number of hydrogen-bond acceptors (Lipinski definition) is 4. The van der Waals surface area contributed by atoms with E-state index in [0.29, 0.717) is 17.4 Å². The summed E-state index contributed by atoms with van der Waals surface area (Å²) in [5, 5.41) is 7.56. The first-order valence-corrected chi connectivity index (χ1v) is 7.53. The summed E-state index contributed by atoms with van der Waals surface area (Å²) in [5.74, 6) is -0.548. The maximum atomic E-state index is 13.2. The number of aromatic nitrogens is 1. The van der Waals surface area contributed by atoms with E-state index < -0.39 is 11.8 Å². The van der Waals surface area contributed by atoms with Crippen molar-refractivity contribution < 1.29 is 14.0 Å². The van der Waals surface area contributed by atoms with E-state index >= 15 is 0 Å². The van der Waals surface area contributed by atoms with Crippen molar-refractivity contribution in [2.24, 2.45) is 0 Å². The molecule has 1 aliphatic heterocycles. The van der Waals surface area contributed by atoms with Crippen molar-refractivity contribution in [1.82, 2.24) is 10.3 Å². The van der Waals surface area contributed by atoms with Crippen LogP contribution in [-0.2, 0) is 4.79 Å². The zero-order valence-electron chi connectivity index (χ0n) is 11.5. The van der Waals surface area contributed by atoms with Crippen LogP contribution in [0.4, 0.5) is 20.0 Å². The Labute approximate surface area is 130 Å². The Hall–Kier alpha value is -2.48. The zero-order valence-corrected chi connectivity index (χ0v) is 12.3. The lowest BCUT2D eigenvalue weighted by atomic mass is 10.2. The number of halogens is 1. The first-order valence-electron chi connectivity index (χ1n) is 6.65. The molecule has 1 unspecified atom stereocenters. The van der Waals surface area contributed by atoms with E-state index in [0.717, 1.165) is 0 Å². The Morgan fingerprint density at radius 1 is 1.45 bits per heavy atom. The summed E-state index contributed by atoms with van der Waals surface area (Å²) in [7, 11) is 0. The van der Waals surface area contributed by atoms with Gasteiger partial charge in [0.25, 0.3) is 0 Å². The van der Waals surface area contributed by atoms with Gasteiger partial charge >= 0.3 is 6.03 Å². The number of urea groups is 1. The molecule has 114 valence electrons. The molecule has 0 spiro atoms. The molecule has 1 atom stereocenters. The molecule has 0 aliphatic carbocycles. The number of rotatable bonds is 3. The van der Waals surface area contributed by atoms with Crippen molar-refractivity contribution >= 4 is 34.1 Å².